The van der Waals surface area contributed by atoms with Gasteiger partial charge in [0.05, 0.1) is 12.3 Å². The highest BCUT2D eigenvalue weighted by Crippen LogP contribution is 2.21. The first-order chi connectivity index (χ1) is 12.1. The van der Waals surface area contributed by atoms with Crippen molar-refractivity contribution in [2.24, 2.45) is 0 Å². The van der Waals surface area contributed by atoms with Gasteiger partial charge < -0.3 is 10.1 Å². The molecule has 1 N–H and O–H groups in total. The summed E-state index contributed by atoms with van der Waals surface area (Å²) in [5.74, 6) is -0.467. The van der Waals surface area contributed by atoms with E-state index in [1.807, 2.05) is 36.5 Å². The molecule has 0 atom stereocenters. The van der Waals surface area contributed by atoms with Crippen LogP contribution in [0, 0.1) is 0 Å². The molecule has 0 unspecified atom stereocenters. The van der Waals surface area contributed by atoms with Crippen LogP contribution in [0.5, 0.6) is 0 Å². The molecule has 0 radical (unpaired) electrons. The first-order valence-corrected chi connectivity index (χ1v) is 8.05. The molecule has 1 aromatic rings. The Bertz CT molecular complexity index is 731. The van der Waals surface area contributed by atoms with Gasteiger partial charge in [-0.1, -0.05) is 67.3 Å². The summed E-state index contributed by atoms with van der Waals surface area (Å²) in [5, 5.41) is 3.41. The molecule has 0 aliphatic heterocycles. The van der Waals surface area contributed by atoms with Gasteiger partial charge in [0.25, 0.3) is 0 Å². The molecule has 0 fully saturated rings. The number of aromatic nitrogens is 1. The number of ether oxygens (including phenoxy) is 1. The molecule has 25 heavy (non-hydrogen) atoms. The monoisotopic (exact) mass is 356 g/mol. The summed E-state index contributed by atoms with van der Waals surface area (Å²) in [6.07, 6.45) is 17.6. The fraction of sp³-hybridized carbons (Fsp3) is 0.100. The summed E-state index contributed by atoms with van der Waals surface area (Å²) in [4.78, 5) is 16.0. The Kier molecular flexibility index (Phi) is 9.41. The molecule has 0 bridgehead atoms. The smallest absolute Gasteiger partial charge is 0.341 e. The molecule has 0 saturated carbocycles. The van der Waals surface area contributed by atoms with Gasteiger partial charge in [-0.25, -0.2) is 9.78 Å². The molecule has 0 spiro atoms. The molecule has 0 amide bonds. The summed E-state index contributed by atoms with van der Waals surface area (Å²) in [7, 11) is 0. The lowest BCUT2D eigenvalue weighted by Crippen LogP contribution is -2.10. The lowest BCUT2D eigenvalue weighted by molar-refractivity contribution is 0.0527. The second-order valence-electron chi connectivity index (χ2n) is 4.62. The number of nitrogens with one attached hydrogen (secondary N) is 1. The minimum atomic E-state index is -0.467. The maximum Gasteiger partial charge on any atom is 0.341 e. The summed E-state index contributed by atoms with van der Waals surface area (Å²) in [6, 6.07) is 1.57. The van der Waals surface area contributed by atoms with Crippen LogP contribution in [0.2, 0.25) is 5.15 Å². The Morgan fingerprint density at radius 3 is 2.64 bits per heavy atom. The minimum Gasteiger partial charge on any atom is -0.462 e. The number of rotatable bonds is 9. The van der Waals surface area contributed by atoms with Crippen LogP contribution in [0.1, 0.15) is 17.3 Å². The molecular weight excluding hydrogens is 336 g/mol. The highest BCUT2D eigenvalue weighted by molar-refractivity contribution is 6.29. The molecule has 4 nitrogen and oxygen atoms in total. The number of allylic oxidation sites excluding steroid dienone is 9. The van der Waals surface area contributed by atoms with E-state index in [0.717, 1.165) is 5.70 Å². The van der Waals surface area contributed by atoms with Gasteiger partial charge in [0.1, 0.15) is 10.7 Å². The highest BCUT2D eigenvalue weighted by atomic mass is 35.5. The second kappa shape index (κ2) is 11.6. The molecule has 5 heteroatoms. The van der Waals surface area contributed by atoms with Crippen molar-refractivity contribution in [1.82, 2.24) is 4.98 Å². The Balaban J connectivity index is 3.02. The molecule has 1 aromatic heterocycles. The topological polar surface area (TPSA) is 51.2 Å². The van der Waals surface area contributed by atoms with Crippen molar-refractivity contribution in [3.05, 3.63) is 96.5 Å². The number of carbonyl (C=O) groups excluding carboxylic acids is 1. The van der Waals surface area contributed by atoms with Crippen LogP contribution < -0.4 is 5.32 Å². The van der Waals surface area contributed by atoms with E-state index < -0.39 is 5.97 Å². The highest BCUT2D eigenvalue weighted by Gasteiger charge is 2.14. The molecule has 1 rings (SSSR count). The van der Waals surface area contributed by atoms with E-state index in [2.05, 4.69) is 23.5 Å². The van der Waals surface area contributed by atoms with Gasteiger partial charge >= 0.3 is 5.97 Å². The Morgan fingerprint density at radius 2 is 1.96 bits per heavy atom. The third-order valence-corrected chi connectivity index (χ3v) is 3.01. The van der Waals surface area contributed by atoms with Crippen molar-refractivity contribution in [3.8, 4) is 0 Å². The van der Waals surface area contributed by atoms with Crippen molar-refractivity contribution in [2.75, 3.05) is 11.9 Å². The van der Waals surface area contributed by atoms with Crippen LogP contribution in [0.3, 0.4) is 0 Å². The van der Waals surface area contributed by atoms with E-state index in [1.165, 1.54) is 6.20 Å². The summed E-state index contributed by atoms with van der Waals surface area (Å²) in [6.45, 7) is 9.31. The first-order valence-electron chi connectivity index (χ1n) is 7.67. The van der Waals surface area contributed by atoms with Gasteiger partial charge in [-0.2, -0.15) is 0 Å². The molecule has 0 saturated heterocycles. The summed E-state index contributed by atoms with van der Waals surface area (Å²) < 4.78 is 5.04. The molecule has 0 aliphatic carbocycles. The van der Waals surface area contributed by atoms with Crippen LogP contribution in [-0.4, -0.2) is 17.6 Å². The van der Waals surface area contributed by atoms with Gasteiger partial charge in [0.2, 0.25) is 0 Å². The zero-order valence-corrected chi connectivity index (χ0v) is 14.9. The number of esters is 1. The molecule has 130 valence electrons. The van der Waals surface area contributed by atoms with E-state index in [-0.39, 0.29) is 11.8 Å². The second-order valence-corrected chi connectivity index (χ2v) is 5.01. The molecule has 1 heterocycles. The van der Waals surface area contributed by atoms with Gasteiger partial charge in [-0.3, -0.25) is 0 Å². The van der Waals surface area contributed by atoms with Crippen molar-refractivity contribution >= 4 is 23.3 Å². The van der Waals surface area contributed by atoms with Gasteiger partial charge in [-0.15, -0.1) is 0 Å². The number of halogens is 1. The van der Waals surface area contributed by atoms with Crippen molar-refractivity contribution in [2.45, 2.75) is 6.92 Å². The number of carbonyl (C=O) groups is 1. The van der Waals surface area contributed by atoms with Crippen molar-refractivity contribution in [1.29, 1.82) is 0 Å². The zero-order chi connectivity index (χ0) is 18.5. The summed E-state index contributed by atoms with van der Waals surface area (Å²) in [5.41, 5.74) is 1.53. The van der Waals surface area contributed by atoms with Crippen LogP contribution in [0.4, 0.5) is 5.69 Å². The third-order valence-electron chi connectivity index (χ3n) is 2.80. The lowest BCUT2D eigenvalue weighted by atomic mass is 10.2. The van der Waals surface area contributed by atoms with Crippen molar-refractivity contribution in [3.63, 3.8) is 0 Å². The fourth-order valence-electron chi connectivity index (χ4n) is 1.76. The average molecular weight is 357 g/mol. The van der Waals surface area contributed by atoms with E-state index in [0.29, 0.717) is 11.3 Å². The average Bonchev–Trinajstić information content (AvgIpc) is 2.58. The SMILES string of the molecule is C=C\C=C/C=C\C=C/C(=C\C=C)Nc1cc(Cl)ncc1C(=O)OCC. The fourth-order valence-corrected chi connectivity index (χ4v) is 1.91. The quantitative estimate of drug-likeness (QED) is 0.373. The predicted molar refractivity (Wildman–Crippen MR) is 105 cm³/mol. The van der Waals surface area contributed by atoms with Crippen LogP contribution in [0.25, 0.3) is 0 Å². The van der Waals surface area contributed by atoms with Crippen LogP contribution in [-0.2, 0) is 4.74 Å². The maximum absolute atomic E-state index is 12.0. The zero-order valence-electron chi connectivity index (χ0n) is 14.1. The molecule has 0 aromatic carbocycles. The van der Waals surface area contributed by atoms with Crippen LogP contribution in [0.15, 0.2) is 85.8 Å². The number of hydrogen-bond donors (Lipinski definition) is 1. The van der Waals surface area contributed by atoms with E-state index in [4.69, 9.17) is 16.3 Å². The van der Waals surface area contributed by atoms with E-state index >= 15 is 0 Å². The van der Waals surface area contributed by atoms with Crippen molar-refractivity contribution < 1.29 is 9.53 Å². The number of hydrogen-bond acceptors (Lipinski definition) is 4. The van der Waals surface area contributed by atoms with Gasteiger partial charge in [0.15, 0.2) is 0 Å². The largest absolute Gasteiger partial charge is 0.462 e. The molecular formula is C20H21ClN2O2. The first kappa shape index (κ1) is 20.2. The van der Waals surface area contributed by atoms with Crippen LogP contribution >= 0.6 is 11.6 Å². The Morgan fingerprint density at radius 1 is 1.24 bits per heavy atom. The Hall–Kier alpha value is -2.85. The summed E-state index contributed by atoms with van der Waals surface area (Å²) >= 11 is 5.95. The minimum absolute atomic E-state index is 0.270. The predicted octanol–water partition coefficient (Wildman–Crippen LogP) is 5.25. The normalized spacial score (nSPS) is 12.0. The number of pyridine rings is 1. The lowest BCUT2D eigenvalue weighted by Gasteiger charge is -2.12. The van der Waals surface area contributed by atoms with E-state index in [9.17, 15) is 4.79 Å². The number of anilines is 1. The number of nitrogens with zero attached hydrogens (tertiary/aromatic N) is 1. The van der Waals surface area contributed by atoms with Gasteiger partial charge in [-0.05, 0) is 25.1 Å². The Labute approximate surface area is 153 Å². The third kappa shape index (κ3) is 7.50. The van der Waals surface area contributed by atoms with Gasteiger partial charge in [0, 0.05) is 11.9 Å². The standard InChI is InChI=1S/C20H21ClN2O2/c1-4-7-8-9-10-11-13-16(12-5-2)23-18-14-19(21)22-15-17(18)20(24)25-6-3/h4-5,7-15H,1-2,6H2,3H3,(H,22,23)/b8-7-,10-9-,13-11-,16-12+. The molecule has 0 aliphatic rings. The maximum atomic E-state index is 12.0. The van der Waals surface area contributed by atoms with E-state index in [1.54, 1.807) is 31.2 Å².